The molecule has 0 saturated carbocycles. The number of hydrogen-bond donors (Lipinski definition) is 0. The number of benzene rings is 2. The first-order valence-electron chi connectivity index (χ1n) is 11.8. The molecule has 2 aromatic carbocycles. The monoisotopic (exact) mass is 598 g/mol. The summed E-state index contributed by atoms with van der Waals surface area (Å²) in [5, 5.41) is 0. The van der Waals surface area contributed by atoms with Crippen LogP contribution in [0.25, 0.3) is 6.08 Å². The van der Waals surface area contributed by atoms with Crippen molar-refractivity contribution >= 4 is 39.3 Å². The van der Waals surface area contributed by atoms with E-state index in [4.69, 9.17) is 18.9 Å². The van der Waals surface area contributed by atoms with E-state index in [-0.39, 0.29) is 12.2 Å². The zero-order chi connectivity index (χ0) is 27.4. The van der Waals surface area contributed by atoms with Gasteiger partial charge in [-0.1, -0.05) is 42.2 Å². The van der Waals surface area contributed by atoms with Crippen LogP contribution in [0.3, 0.4) is 0 Å². The smallest absolute Gasteiger partial charge is 0.338 e. The zero-order valence-corrected chi connectivity index (χ0v) is 23.9. The second-order valence-electron chi connectivity index (χ2n) is 8.18. The lowest BCUT2D eigenvalue weighted by atomic mass is 9.95. The van der Waals surface area contributed by atoms with Crippen molar-refractivity contribution in [3.63, 3.8) is 0 Å². The van der Waals surface area contributed by atoms with E-state index >= 15 is 0 Å². The Morgan fingerprint density at radius 2 is 1.95 bits per heavy atom. The number of carbonyl (C=O) groups excluding carboxylic acids is 1. The number of para-hydroxylation sites is 1. The lowest BCUT2D eigenvalue weighted by Crippen LogP contribution is -2.40. The van der Waals surface area contributed by atoms with Crippen LogP contribution in [0.15, 0.2) is 74.6 Å². The molecule has 198 valence electrons. The molecule has 1 aliphatic rings. The first-order chi connectivity index (χ1) is 18.3. The largest absolute Gasteiger partial charge is 0.496 e. The molecule has 1 atom stereocenters. The van der Waals surface area contributed by atoms with Crippen LogP contribution in [-0.2, 0) is 9.53 Å². The average Bonchev–Trinajstić information content (AvgIpc) is 3.21. The maximum absolute atomic E-state index is 13.9. The number of halogens is 1. The molecule has 0 saturated heterocycles. The molecule has 0 fully saturated rings. The maximum Gasteiger partial charge on any atom is 0.338 e. The Hall–Kier alpha value is -3.63. The highest BCUT2D eigenvalue weighted by Gasteiger charge is 2.35. The van der Waals surface area contributed by atoms with Gasteiger partial charge in [0, 0.05) is 5.56 Å². The van der Waals surface area contributed by atoms with Crippen LogP contribution in [0.2, 0.25) is 0 Å². The number of hydrogen-bond acceptors (Lipinski definition) is 8. The first-order valence-corrected chi connectivity index (χ1v) is 13.4. The van der Waals surface area contributed by atoms with Gasteiger partial charge in [-0.2, -0.15) is 0 Å². The molecule has 8 nitrogen and oxygen atoms in total. The van der Waals surface area contributed by atoms with Gasteiger partial charge in [0.2, 0.25) is 0 Å². The van der Waals surface area contributed by atoms with Gasteiger partial charge in [0.15, 0.2) is 16.3 Å². The molecule has 0 radical (unpaired) electrons. The topological polar surface area (TPSA) is 88.4 Å². The van der Waals surface area contributed by atoms with Crippen molar-refractivity contribution in [1.82, 2.24) is 4.57 Å². The third-order valence-corrected chi connectivity index (χ3v) is 7.42. The molecule has 1 aromatic heterocycles. The lowest BCUT2D eigenvalue weighted by molar-refractivity contribution is -0.139. The Morgan fingerprint density at radius 1 is 1.21 bits per heavy atom. The Bertz CT molecular complexity index is 1600. The number of rotatable bonds is 9. The third-order valence-electron chi connectivity index (χ3n) is 5.85. The van der Waals surface area contributed by atoms with Gasteiger partial charge in [-0.05, 0) is 59.6 Å². The van der Waals surface area contributed by atoms with Crippen molar-refractivity contribution in [2.24, 2.45) is 4.99 Å². The summed E-state index contributed by atoms with van der Waals surface area (Å²) in [5.74, 6) is 1.07. The Labute approximate surface area is 232 Å². The number of allylic oxidation sites excluding steroid dienone is 1. The second kappa shape index (κ2) is 11.8. The predicted octanol–water partition coefficient (Wildman–Crippen LogP) is 4.14. The lowest BCUT2D eigenvalue weighted by Gasteiger charge is -2.25. The van der Waals surface area contributed by atoms with E-state index in [0.29, 0.717) is 54.5 Å². The molecular formula is C28H27BrN2O6S. The highest BCUT2D eigenvalue weighted by molar-refractivity contribution is 9.10. The van der Waals surface area contributed by atoms with Gasteiger partial charge in [0.05, 0.1) is 41.1 Å². The van der Waals surface area contributed by atoms with Crippen LogP contribution < -0.4 is 29.1 Å². The standard InChI is InChI=1S/C28H27BrN2O6S/c1-6-12-37-25-19(29)13-17(14-21(25)35-5)15-22-26(32)31-24(18-10-8-9-11-20(18)34-4)23(27(33)36-7-2)16(3)30-28(31)38-22/h6,8-11,13-15,24H,1,7,12H2,2-5H3/b22-15+/t24-/m0/s1. The minimum Gasteiger partial charge on any atom is -0.496 e. The van der Waals surface area contributed by atoms with E-state index < -0.39 is 12.0 Å². The molecule has 1 aliphatic heterocycles. The van der Waals surface area contributed by atoms with Gasteiger partial charge in [-0.3, -0.25) is 9.36 Å². The van der Waals surface area contributed by atoms with Crippen molar-refractivity contribution in [3.8, 4) is 17.2 Å². The average molecular weight is 600 g/mol. The molecular weight excluding hydrogens is 572 g/mol. The molecule has 0 aliphatic carbocycles. The van der Waals surface area contributed by atoms with Crippen LogP contribution in [0.1, 0.15) is 31.0 Å². The molecule has 4 rings (SSSR count). The fourth-order valence-corrected chi connectivity index (χ4v) is 5.86. The highest BCUT2D eigenvalue weighted by atomic mass is 79.9. The summed E-state index contributed by atoms with van der Waals surface area (Å²) in [4.78, 5) is 32.0. The Kier molecular flexibility index (Phi) is 8.53. The molecule has 2 heterocycles. The Balaban J connectivity index is 1.93. The number of methoxy groups -OCH3 is 2. The van der Waals surface area contributed by atoms with Crippen LogP contribution in [0.5, 0.6) is 17.2 Å². The van der Waals surface area contributed by atoms with E-state index in [1.807, 2.05) is 24.3 Å². The molecule has 0 unspecified atom stereocenters. The van der Waals surface area contributed by atoms with Gasteiger partial charge in [-0.25, -0.2) is 9.79 Å². The summed E-state index contributed by atoms with van der Waals surface area (Å²) in [7, 11) is 3.10. The quantitative estimate of drug-likeness (QED) is 0.272. The number of fused-ring (bicyclic) bond motifs is 1. The minimum atomic E-state index is -0.764. The van der Waals surface area contributed by atoms with E-state index in [1.165, 1.54) is 15.9 Å². The van der Waals surface area contributed by atoms with Crippen molar-refractivity contribution < 1.29 is 23.7 Å². The van der Waals surface area contributed by atoms with E-state index in [1.54, 1.807) is 52.4 Å². The summed E-state index contributed by atoms with van der Waals surface area (Å²) in [6, 6.07) is 10.2. The fourth-order valence-electron chi connectivity index (χ4n) is 4.23. The Morgan fingerprint density at radius 3 is 2.63 bits per heavy atom. The summed E-state index contributed by atoms with van der Waals surface area (Å²) < 4.78 is 24.8. The number of carbonyl (C=O) groups is 1. The second-order valence-corrected chi connectivity index (χ2v) is 10.0. The summed E-state index contributed by atoms with van der Waals surface area (Å²) in [5.41, 5.74) is 1.87. The molecule has 38 heavy (non-hydrogen) atoms. The molecule has 0 bridgehead atoms. The minimum absolute atomic E-state index is 0.196. The number of nitrogens with zero attached hydrogens (tertiary/aromatic N) is 2. The van der Waals surface area contributed by atoms with Gasteiger partial charge in [0.1, 0.15) is 18.4 Å². The molecule has 3 aromatic rings. The van der Waals surface area contributed by atoms with Crippen molar-refractivity contribution in [1.29, 1.82) is 0 Å². The SMILES string of the molecule is C=CCOc1c(Br)cc(/C=c2/sc3n(c2=O)[C@@H](c2ccccc2OC)C(C(=O)OCC)=C(C)N=3)cc1OC. The van der Waals surface area contributed by atoms with E-state index in [2.05, 4.69) is 27.5 Å². The molecule has 10 heteroatoms. The van der Waals surface area contributed by atoms with Crippen molar-refractivity contribution in [3.05, 3.63) is 95.6 Å². The highest BCUT2D eigenvalue weighted by Crippen LogP contribution is 2.37. The first kappa shape index (κ1) is 27.4. The summed E-state index contributed by atoms with van der Waals surface area (Å²) in [6.07, 6.45) is 3.41. The number of ether oxygens (including phenoxy) is 4. The molecule has 0 spiro atoms. The molecule has 0 N–H and O–H groups in total. The van der Waals surface area contributed by atoms with Gasteiger partial charge < -0.3 is 18.9 Å². The van der Waals surface area contributed by atoms with Crippen LogP contribution in [0, 0.1) is 0 Å². The molecule has 0 amide bonds. The van der Waals surface area contributed by atoms with E-state index in [9.17, 15) is 9.59 Å². The van der Waals surface area contributed by atoms with E-state index in [0.717, 1.165) is 5.56 Å². The predicted molar refractivity (Wildman–Crippen MR) is 150 cm³/mol. The maximum atomic E-state index is 13.9. The van der Waals surface area contributed by atoms with Crippen molar-refractivity contribution in [2.45, 2.75) is 19.9 Å². The van der Waals surface area contributed by atoms with Gasteiger partial charge in [-0.15, -0.1) is 0 Å². The zero-order valence-electron chi connectivity index (χ0n) is 21.4. The fraction of sp³-hybridized carbons (Fsp3) is 0.250. The van der Waals surface area contributed by atoms with Crippen LogP contribution in [0.4, 0.5) is 0 Å². The number of thiazole rings is 1. The van der Waals surface area contributed by atoms with Gasteiger partial charge >= 0.3 is 5.97 Å². The number of esters is 1. The normalized spacial score (nSPS) is 15.0. The van der Waals surface area contributed by atoms with Crippen LogP contribution >= 0.6 is 27.3 Å². The van der Waals surface area contributed by atoms with Crippen molar-refractivity contribution in [2.75, 3.05) is 27.4 Å². The number of aromatic nitrogens is 1. The van der Waals surface area contributed by atoms with Gasteiger partial charge in [0.25, 0.3) is 5.56 Å². The van der Waals surface area contributed by atoms with Crippen LogP contribution in [-0.4, -0.2) is 38.0 Å². The third kappa shape index (κ3) is 5.19. The summed E-state index contributed by atoms with van der Waals surface area (Å²) >= 11 is 4.77. The summed E-state index contributed by atoms with van der Waals surface area (Å²) in [6.45, 7) is 7.67.